The fraction of sp³-hybridized carbons (Fsp3) is 0.250. The van der Waals surface area contributed by atoms with E-state index in [1.165, 1.54) is 5.56 Å². The van der Waals surface area contributed by atoms with E-state index in [2.05, 4.69) is 31.1 Å². The summed E-state index contributed by atoms with van der Waals surface area (Å²) in [6.45, 7) is 6.47. The maximum Gasteiger partial charge on any atom is 0.255 e. The molecule has 0 bridgehead atoms. The SMILES string of the molecule is COc1ccc(C(=O)Nc2ccc(C(C)(C)C)cc2)cc1N(C)c1ncccc1Cl. The lowest BCUT2D eigenvalue weighted by Crippen LogP contribution is -2.16. The van der Waals surface area contributed by atoms with Crippen LogP contribution in [0, 0.1) is 0 Å². The molecule has 0 saturated carbocycles. The fourth-order valence-corrected chi connectivity index (χ4v) is 3.34. The molecule has 3 aromatic rings. The monoisotopic (exact) mass is 423 g/mol. The zero-order chi connectivity index (χ0) is 21.9. The highest BCUT2D eigenvalue weighted by molar-refractivity contribution is 6.33. The van der Waals surface area contributed by atoms with Crippen LogP contribution in [0.3, 0.4) is 0 Å². The first-order valence-corrected chi connectivity index (χ1v) is 10.0. The van der Waals surface area contributed by atoms with E-state index in [1.807, 2.05) is 31.3 Å². The molecule has 1 N–H and O–H groups in total. The molecule has 0 spiro atoms. The van der Waals surface area contributed by atoms with Crippen LogP contribution in [0.5, 0.6) is 5.75 Å². The number of nitrogens with one attached hydrogen (secondary N) is 1. The minimum atomic E-state index is -0.206. The van der Waals surface area contributed by atoms with Crippen molar-refractivity contribution in [1.82, 2.24) is 4.98 Å². The quantitative estimate of drug-likeness (QED) is 0.541. The van der Waals surface area contributed by atoms with Crippen LogP contribution in [-0.4, -0.2) is 25.0 Å². The normalized spacial score (nSPS) is 11.1. The van der Waals surface area contributed by atoms with Crippen molar-refractivity contribution in [2.45, 2.75) is 26.2 Å². The fourth-order valence-electron chi connectivity index (χ4n) is 3.09. The van der Waals surface area contributed by atoms with Gasteiger partial charge >= 0.3 is 0 Å². The molecule has 0 aliphatic rings. The average molecular weight is 424 g/mol. The summed E-state index contributed by atoms with van der Waals surface area (Å²) >= 11 is 6.29. The number of methoxy groups -OCH3 is 1. The van der Waals surface area contributed by atoms with Crippen molar-refractivity contribution in [3.05, 3.63) is 76.9 Å². The van der Waals surface area contributed by atoms with Crippen LogP contribution < -0.4 is 15.0 Å². The van der Waals surface area contributed by atoms with Gasteiger partial charge in [-0.1, -0.05) is 44.5 Å². The molecule has 1 amide bonds. The molecular weight excluding hydrogens is 398 g/mol. The van der Waals surface area contributed by atoms with Crippen molar-refractivity contribution in [3.63, 3.8) is 0 Å². The number of carbonyl (C=O) groups excluding carboxylic acids is 1. The Morgan fingerprint density at radius 2 is 1.80 bits per heavy atom. The molecule has 0 aliphatic heterocycles. The van der Waals surface area contributed by atoms with Crippen LogP contribution in [-0.2, 0) is 5.41 Å². The number of aromatic nitrogens is 1. The summed E-state index contributed by atoms with van der Waals surface area (Å²) in [7, 11) is 3.42. The minimum absolute atomic E-state index is 0.0603. The van der Waals surface area contributed by atoms with Crippen LogP contribution in [0.4, 0.5) is 17.2 Å². The molecule has 2 aromatic carbocycles. The first-order chi connectivity index (χ1) is 14.2. The number of rotatable bonds is 5. The van der Waals surface area contributed by atoms with E-state index >= 15 is 0 Å². The van der Waals surface area contributed by atoms with Crippen molar-refractivity contribution in [2.24, 2.45) is 0 Å². The Labute approximate surface area is 182 Å². The second-order valence-corrected chi connectivity index (χ2v) is 8.44. The predicted octanol–water partition coefficient (Wildman–Crippen LogP) is 6.06. The van der Waals surface area contributed by atoms with E-state index in [4.69, 9.17) is 16.3 Å². The van der Waals surface area contributed by atoms with Crippen molar-refractivity contribution >= 4 is 34.7 Å². The van der Waals surface area contributed by atoms with E-state index in [0.717, 1.165) is 5.69 Å². The number of ether oxygens (including phenoxy) is 1. The Morgan fingerprint density at radius 3 is 2.40 bits per heavy atom. The maximum absolute atomic E-state index is 12.9. The zero-order valence-electron chi connectivity index (χ0n) is 17.9. The van der Waals surface area contributed by atoms with E-state index < -0.39 is 0 Å². The largest absolute Gasteiger partial charge is 0.495 e. The molecule has 0 saturated heterocycles. The van der Waals surface area contributed by atoms with Crippen LogP contribution in [0.1, 0.15) is 36.7 Å². The van der Waals surface area contributed by atoms with Gasteiger partial charge in [0.1, 0.15) is 5.75 Å². The number of nitrogens with zero attached hydrogens (tertiary/aromatic N) is 2. The van der Waals surface area contributed by atoms with Crippen molar-refractivity contribution < 1.29 is 9.53 Å². The Bertz CT molecular complexity index is 1040. The van der Waals surface area contributed by atoms with Crippen LogP contribution >= 0.6 is 11.6 Å². The number of amides is 1. The summed E-state index contributed by atoms with van der Waals surface area (Å²) in [5.41, 5.74) is 3.20. The first kappa shape index (κ1) is 21.7. The lowest BCUT2D eigenvalue weighted by Gasteiger charge is -2.22. The third-order valence-electron chi connectivity index (χ3n) is 4.87. The lowest BCUT2D eigenvalue weighted by molar-refractivity contribution is 0.102. The van der Waals surface area contributed by atoms with Crippen LogP contribution in [0.25, 0.3) is 0 Å². The summed E-state index contributed by atoms with van der Waals surface area (Å²) in [4.78, 5) is 19.0. The maximum atomic E-state index is 12.9. The van der Waals surface area contributed by atoms with Gasteiger partial charge in [-0.3, -0.25) is 4.79 Å². The highest BCUT2D eigenvalue weighted by atomic mass is 35.5. The van der Waals surface area contributed by atoms with Gasteiger partial charge in [-0.25, -0.2) is 4.98 Å². The molecule has 6 heteroatoms. The summed E-state index contributed by atoms with van der Waals surface area (Å²) in [5.74, 6) is 0.987. The molecule has 1 heterocycles. The molecule has 3 rings (SSSR count). The van der Waals surface area contributed by atoms with Gasteiger partial charge < -0.3 is 15.0 Å². The highest BCUT2D eigenvalue weighted by Crippen LogP contribution is 2.35. The number of pyridine rings is 1. The number of carbonyl (C=O) groups is 1. The first-order valence-electron chi connectivity index (χ1n) is 9.65. The molecule has 156 valence electrons. The van der Waals surface area contributed by atoms with Crippen molar-refractivity contribution in [1.29, 1.82) is 0 Å². The number of halogens is 1. The summed E-state index contributed by atoms with van der Waals surface area (Å²) in [5, 5.41) is 3.46. The Hall–Kier alpha value is -3.05. The molecule has 0 aliphatic carbocycles. The second-order valence-electron chi connectivity index (χ2n) is 8.04. The lowest BCUT2D eigenvalue weighted by atomic mass is 9.87. The third-order valence-corrected chi connectivity index (χ3v) is 5.16. The minimum Gasteiger partial charge on any atom is -0.495 e. The van der Waals surface area contributed by atoms with Gasteiger partial charge in [0.25, 0.3) is 5.91 Å². The highest BCUT2D eigenvalue weighted by Gasteiger charge is 2.18. The van der Waals surface area contributed by atoms with Crippen LogP contribution in [0.2, 0.25) is 5.02 Å². The van der Waals surface area contributed by atoms with Crippen molar-refractivity contribution in [3.8, 4) is 5.75 Å². The molecule has 30 heavy (non-hydrogen) atoms. The van der Waals surface area contributed by atoms with Gasteiger partial charge in [0.05, 0.1) is 17.8 Å². The average Bonchev–Trinajstić information content (AvgIpc) is 2.73. The number of anilines is 3. The Balaban J connectivity index is 1.87. The van der Waals surface area contributed by atoms with Gasteiger partial charge in [-0.05, 0) is 53.4 Å². The third kappa shape index (κ3) is 4.74. The molecule has 0 fully saturated rings. The topological polar surface area (TPSA) is 54.5 Å². The molecular formula is C24H26ClN3O2. The molecule has 1 aromatic heterocycles. The number of hydrogen-bond donors (Lipinski definition) is 1. The summed E-state index contributed by atoms with van der Waals surface area (Å²) in [6, 6.07) is 16.7. The second kappa shape index (κ2) is 8.76. The Kier molecular flexibility index (Phi) is 6.32. The standard InChI is InChI=1S/C24H26ClN3O2/c1-24(2,3)17-9-11-18(12-10-17)27-23(29)16-8-13-21(30-5)20(15-16)28(4)22-19(25)7-6-14-26-22/h6-15H,1-5H3,(H,27,29). The molecule has 0 atom stereocenters. The van der Waals surface area contributed by atoms with E-state index in [-0.39, 0.29) is 11.3 Å². The van der Waals surface area contributed by atoms with Gasteiger partial charge in [0.15, 0.2) is 5.82 Å². The van der Waals surface area contributed by atoms with Gasteiger partial charge in [-0.15, -0.1) is 0 Å². The van der Waals surface area contributed by atoms with E-state index in [0.29, 0.717) is 27.8 Å². The summed E-state index contributed by atoms with van der Waals surface area (Å²) < 4.78 is 5.48. The van der Waals surface area contributed by atoms with Gasteiger partial charge in [0.2, 0.25) is 0 Å². The number of hydrogen-bond acceptors (Lipinski definition) is 4. The molecule has 5 nitrogen and oxygen atoms in total. The smallest absolute Gasteiger partial charge is 0.255 e. The van der Waals surface area contributed by atoms with E-state index in [1.54, 1.807) is 48.5 Å². The molecule has 0 radical (unpaired) electrons. The van der Waals surface area contributed by atoms with Crippen molar-refractivity contribution in [2.75, 3.05) is 24.4 Å². The zero-order valence-corrected chi connectivity index (χ0v) is 18.6. The van der Waals surface area contributed by atoms with Crippen LogP contribution in [0.15, 0.2) is 60.8 Å². The Morgan fingerprint density at radius 1 is 1.10 bits per heavy atom. The van der Waals surface area contributed by atoms with Gasteiger partial charge in [-0.2, -0.15) is 0 Å². The number of benzene rings is 2. The van der Waals surface area contributed by atoms with E-state index in [9.17, 15) is 4.79 Å². The summed E-state index contributed by atoms with van der Waals surface area (Å²) in [6.07, 6.45) is 1.67. The molecule has 0 unspecified atom stereocenters. The predicted molar refractivity (Wildman–Crippen MR) is 123 cm³/mol. The van der Waals surface area contributed by atoms with Gasteiger partial charge in [0, 0.05) is 24.5 Å².